The molecule has 6 heteroatoms. The Morgan fingerprint density at radius 2 is 1.80 bits per heavy atom. The van der Waals surface area contributed by atoms with Crippen LogP contribution in [0.2, 0.25) is 5.02 Å². The number of aromatic amines is 1. The lowest BCUT2D eigenvalue weighted by molar-refractivity contribution is 0.0844. The van der Waals surface area contributed by atoms with E-state index in [0.29, 0.717) is 10.6 Å². The Morgan fingerprint density at radius 3 is 2.40 bits per heavy atom. The zero-order valence-electron chi connectivity index (χ0n) is 11.1. The van der Waals surface area contributed by atoms with Crippen molar-refractivity contribution in [3.05, 3.63) is 57.9 Å². The van der Waals surface area contributed by atoms with Crippen LogP contribution in [0.25, 0.3) is 0 Å². The van der Waals surface area contributed by atoms with Gasteiger partial charge in [0.05, 0.1) is 5.02 Å². The number of hydrazine groups is 1. The molecule has 0 fully saturated rings. The zero-order chi connectivity index (χ0) is 14.7. The van der Waals surface area contributed by atoms with Crippen molar-refractivity contribution in [2.24, 2.45) is 0 Å². The summed E-state index contributed by atoms with van der Waals surface area (Å²) in [5.41, 5.74) is 7.40. The summed E-state index contributed by atoms with van der Waals surface area (Å²) in [7, 11) is 0. The number of aryl methyl sites for hydroxylation is 2. The Bertz CT molecular complexity index is 664. The van der Waals surface area contributed by atoms with Gasteiger partial charge in [-0.15, -0.1) is 0 Å². The van der Waals surface area contributed by atoms with Crippen LogP contribution in [-0.2, 0) is 0 Å². The van der Waals surface area contributed by atoms with E-state index in [0.717, 1.165) is 11.1 Å². The number of nitrogens with one attached hydrogen (secondary N) is 3. The summed E-state index contributed by atoms with van der Waals surface area (Å²) in [5.74, 6) is -0.830. The molecule has 0 aliphatic heterocycles. The summed E-state index contributed by atoms with van der Waals surface area (Å²) in [6.07, 6.45) is 1.49. The molecule has 2 amide bonds. The Kier molecular flexibility index (Phi) is 4.10. The van der Waals surface area contributed by atoms with Crippen molar-refractivity contribution in [1.29, 1.82) is 0 Å². The third-order valence-corrected chi connectivity index (χ3v) is 3.03. The van der Waals surface area contributed by atoms with Gasteiger partial charge >= 0.3 is 0 Å². The quantitative estimate of drug-likeness (QED) is 0.743. The molecule has 0 aliphatic rings. The van der Waals surface area contributed by atoms with E-state index in [1.165, 1.54) is 12.3 Å². The first-order valence-electron chi connectivity index (χ1n) is 5.99. The molecular formula is C14H14ClN3O2. The molecule has 0 spiro atoms. The largest absolute Gasteiger partial charge is 0.356 e. The van der Waals surface area contributed by atoms with Crippen LogP contribution in [0.4, 0.5) is 0 Å². The number of H-pyrrole nitrogens is 1. The molecule has 20 heavy (non-hydrogen) atoms. The SMILES string of the molecule is Cc1ccc(C(=O)NNC(=O)c2cc(Cl)c[nH]2)c(C)c1. The molecular weight excluding hydrogens is 278 g/mol. The lowest BCUT2D eigenvalue weighted by Crippen LogP contribution is -2.42. The van der Waals surface area contributed by atoms with Crippen molar-refractivity contribution in [1.82, 2.24) is 15.8 Å². The smallest absolute Gasteiger partial charge is 0.286 e. The fourth-order valence-electron chi connectivity index (χ4n) is 1.82. The molecule has 2 rings (SSSR count). The van der Waals surface area contributed by atoms with Crippen molar-refractivity contribution in [2.45, 2.75) is 13.8 Å². The summed E-state index contributed by atoms with van der Waals surface area (Å²) in [4.78, 5) is 26.4. The van der Waals surface area contributed by atoms with Gasteiger partial charge in [0, 0.05) is 11.8 Å². The molecule has 5 nitrogen and oxygen atoms in total. The standard InChI is InChI=1S/C14H14ClN3O2/c1-8-3-4-11(9(2)5-8)13(19)17-18-14(20)12-6-10(15)7-16-12/h3-7,16H,1-2H3,(H,17,19)(H,18,20). The molecule has 0 saturated heterocycles. The van der Waals surface area contributed by atoms with Gasteiger partial charge in [-0.1, -0.05) is 29.3 Å². The number of hydrogen-bond donors (Lipinski definition) is 3. The van der Waals surface area contributed by atoms with E-state index in [-0.39, 0.29) is 11.6 Å². The number of hydrogen-bond acceptors (Lipinski definition) is 2. The first-order chi connectivity index (χ1) is 9.47. The molecule has 0 aliphatic carbocycles. The van der Waals surface area contributed by atoms with Crippen molar-refractivity contribution < 1.29 is 9.59 Å². The molecule has 0 radical (unpaired) electrons. The summed E-state index contributed by atoms with van der Waals surface area (Å²) in [5, 5.41) is 0.427. The van der Waals surface area contributed by atoms with Gasteiger partial charge in [0.2, 0.25) is 0 Å². The fraction of sp³-hybridized carbons (Fsp3) is 0.143. The number of amides is 2. The fourth-order valence-corrected chi connectivity index (χ4v) is 1.98. The third kappa shape index (κ3) is 3.19. The van der Waals surface area contributed by atoms with Gasteiger partial charge in [-0.3, -0.25) is 20.4 Å². The average molecular weight is 292 g/mol. The predicted molar refractivity (Wildman–Crippen MR) is 76.7 cm³/mol. The van der Waals surface area contributed by atoms with Crippen molar-refractivity contribution in [3.63, 3.8) is 0 Å². The van der Waals surface area contributed by atoms with Gasteiger partial charge in [-0.25, -0.2) is 0 Å². The number of benzene rings is 1. The molecule has 1 aromatic carbocycles. The maximum Gasteiger partial charge on any atom is 0.286 e. The van der Waals surface area contributed by atoms with E-state index in [1.807, 2.05) is 26.0 Å². The first-order valence-corrected chi connectivity index (χ1v) is 6.37. The van der Waals surface area contributed by atoms with Crippen LogP contribution in [0, 0.1) is 13.8 Å². The first kappa shape index (κ1) is 14.1. The second kappa shape index (κ2) is 5.79. The molecule has 0 bridgehead atoms. The van der Waals surface area contributed by atoms with Crippen molar-refractivity contribution in [3.8, 4) is 0 Å². The Hall–Kier alpha value is -2.27. The molecule has 1 heterocycles. The van der Waals surface area contributed by atoms with Crippen LogP contribution in [0.3, 0.4) is 0 Å². The van der Waals surface area contributed by atoms with Crippen LogP contribution in [0.5, 0.6) is 0 Å². The monoisotopic (exact) mass is 291 g/mol. The van der Waals surface area contributed by atoms with E-state index in [9.17, 15) is 9.59 Å². The highest BCUT2D eigenvalue weighted by molar-refractivity contribution is 6.30. The summed E-state index contributed by atoms with van der Waals surface area (Å²) >= 11 is 5.70. The second-order valence-electron chi connectivity index (χ2n) is 4.46. The van der Waals surface area contributed by atoms with Gasteiger partial charge < -0.3 is 4.98 Å². The van der Waals surface area contributed by atoms with Gasteiger partial charge in [0.1, 0.15) is 5.69 Å². The van der Waals surface area contributed by atoms with Gasteiger partial charge in [-0.05, 0) is 31.5 Å². The topological polar surface area (TPSA) is 74.0 Å². The highest BCUT2D eigenvalue weighted by Gasteiger charge is 2.12. The summed E-state index contributed by atoms with van der Waals surface area (Å²) < 4.78 is 0. The molecule has 0 unspecified atom stereocenters. The van der Waals surface area contributed by atoms with Crippen LogP contribution in [0.15, 0.2) is 30.5 Å². The Morgan fingerprint density at radius 1 is 1.10 bits per heavy atom. The van der Waals surface area contributed by atoms with Gasteiger partial charge in [0.15, 0.2) is 0 Å². The van der Waals surface area contributed by atoms with Crippen molar-refractivity contribution in [2.75, 3.05) is 0 Å². The molecule has 2 aromatic rings. The van der Waals surface area contributed by atoms with E-state index >= 15 is 0 Å². The molecule has 1 aromatic heterocycles. The number of rotatable bonds is 2. The maximum atomic E-state index is 12.0. The number of aromatic nitrogens is 1. The number of halogens is 1. The molecule has 0 atom stereocenters. The average Bonchev–Trinajstić information content (AvgIpc) is 2.82. The van der Waals surface area contributed by atoms with Crippen molar-refractivity contribution >= 4 is 23.4 Å². The van der Waals surface area contributed by atoms with Gasteiger partial charge in [-0.2, -0.15) is 0 Å². The lowest BCUT2D eigenvalue weighted by atomic mass is 10.1. The van der Waals surface area contributed by atoms with Gasteiger partial charge in [0.25, 0.3) is 11.8 Å². The highest BCUT2D eigenvalue weighted by atomic mass is 35.5. The number of carbonyl (C=O) groups is 2. The minimum absolute atomic E-state index is 0.274. The molecule has 104 valence electrons. The Labute approximate surface area is 121 Å². The zero-order valence-corrected chi connectivity index (χ0v) is 11.8. The number of carbonyl (C=O) groups excluding carboxylic acids is 2. The Balaban J connectivity index is 2.00. The lowest BCUT2D eigenvalue weighted by Gasteiger charge is -2.09. The molecule has 3 N–H and O–H groups in total. The third-order valence-electron chi connectivity index (χ3n) is 2.81. The van der Waals surface area contributed by atoms with E-state index in [1.54, 1.807) is 6.07 Å². The van der Waals surface area contributed by atoms with Crippen LogP contribution >= 0.6 is 11.6 Å². The second-order valence-corrected chi connectivity index (χ2v) is 4.89. The highest BCUT2D eigenvalue weighted by Crippen LogP contribution is 2.10. The van der Waals surface area contributed by atoms with Crippen LogP contribution in [-0.4, -0.2) is 16.8 Å². The predicted octanol–water partition coefficient (Wildman–Crippen LogP) is 2.36. The van der Waals surface area contributed by atoms with E-state index < -0.39 is 5.91 Å². The minimum Gasteiger partial charge on any atom is -0.356 e. The van der Waals surface area contributed by atoms with E-state index in [4.69, 9.17) is 11.6 Å². The van der Waals surface area contributed by atoms with Crippen LogP contribution in [0.1, 0.15) is 32.0 Å². The van der Waals surface area contributed by atoms with Crippen LogP contribution < -0.4 is 10.9 Å². The van der Waals surface area contributed by atoms with E-state index in [2.05, 4.69) is 15.8 Å². The summed E-state index contributed by atoms with van der Waals surface area (Å²) in [6.45, 7) is 3.79. The minimum atomic E-state index is -0.463. The summed E-state index contributed by atoms with van der Waals surface area (Å²) in [6, 6.07) is 6.94. The normalized spacial score (nSPS) is 10.2. The maximum absolute atomic E-state index is 12.0. The molecule has 0 saturated carbocycles.